The maximum absolute atomic E-state index is 5.80. The predicted molar refractivity (Wildman–Crippen MR) is 71.0 cm³/mol. The first-order valence-electron chi connectivity index (χ1n) is 6.76. The van der Waals surface area contributed by atoms with Gasteiger partial charge >= 0.3 is 0 Å². The second-order valence-electron chi connectivity index (χ2n) is 5.17. The molecular weight excluding hydrogens is 228 g/mol. The Morgan fingerprint density at radius 3 is 3.00 bits per heavy atom. The third kappa shape index (κ3) is 2.74. The molecule has 0 spiro atoms. The Balaban J connectivity index is 2.09. The quantitative estimate of drug-likeness (QED) is 0.606. The monoisotopic (exact) mass is 252 g/mol. The maximum atomic E-state index is 5.80. The molecule has 5 nitrogen and oxygen atoms in total. The van der Waals surface area contributed by atoms with Crippen molar-refractivity contribution in [3.8, 4) is 0 Å². The summed E-state index contributed by atoms with van der Waals surface area (Å²) >= 11 is 0. The number of nitrogens with two attached hydrogens (primary N) is 1. The molecule has 1 aromatic rings. The van der Waals surface area contributed by atoms with Crippen molar-refractivity contribution in [3.63, 3.8) is 0 Å². The molecule has 1 aromatic heterocycles. The van der Waals surface area contributed by atoms with Crippen molar-refractivity contribution in [1.29, 1.82) is 0 Å². The standard InChI is InChI=1S/C13H24N4O/c1-4-17-11(7-10(3)16-17)8-12(15-14)13-9(2)5-6-18-13/h7,9,12-13,15H,4-6,8,14H2,1-3H3. The number of hydrogen-bond donors (Lipinski definition) is 2. The van der Waals surface area contributed by atoms with Gasteiger partial charge in [-0.2, -0.15) is 5.10 Å². The zero-order valence-corrected chi connectivity index (χ0v) is 11.5. The van der Waals surface area contributed by atoms with E-state index in [1.54, 1.807) is 0 Å². The van der Waals surface area contributed by atoms with E-state index in [0.717, 1.165) is 31.7 Å². The molecule has 0 aromatic carbocycles. The van der Waals surface area contributed by atoms with Gasteiger partial charge in [0.2, 0.25) is 0 Å². The highest BCUT2D eigenvalue weighted by Gasteiger charge is 2.32. The Morgan fingerprint density at radius 1 is 1.67 bits per heavy atom. The van der Waals surface area contributed by atoms with E-state index in [1.807, 2.05) is 11.6 Å². The highest BCUT2D eigenvalue weighted by molar-refractivity contribution is 5.11. The highest BCUT2D eigenvalue weighted by atomic mass is 16.5. The second-order valence-corrected chi connectivity index (χ2v) is 5.17. The number of aromatic nitrogens is 2. The number of nitrogens with zero attached hydrogens (tertiary/aromatic N) is 2. The molecule has 1 aliphatic heterocycles. The number of hydrazine groups is 1. The van der Waals surface area contributed by atoms with E-state index in [9.17, 15) is 0 Å². The van der Waals surface area contributed by atoms with Crippen LogP contribution in [0.15, 0.2) is 6.07 Å². The number of nitrogens with one attached hydrogen (secondary N) is 1. The van der Waals surface area contributed by atoms with Gasteiger partial charge in [-0.05, 0) is 32.3 Å². The molecule has 3 atom stereocenters. The van der Waals surface area contributed by atoms with Gasteiger partial charge in [0.25, 0.3) is 0 Å². The van der Waals surface area contributed by atoms with E-state index in [1.165, 1.54) is 5.69 Å². The third-order valence-electron chi connectivity index (χ3n) is 3.77. The molecule has 1 saturated heterocycles. The zero-order valence-electron chi connectivity index (χ0n) is 11.5. The minimum atomic E-state index is 0.156. The van der Waals surface area contributed by atoms with Gasteiger partial charge in [-0.25, -0.2) is 0 Å². The normalized spacial score (nSPS) is 25.6. The maximum Gasteiger partial charge on any atom is 0.0771 e. The van der Waals surface area contributed by atoms with Crippen molar-refractivity contribution in [2.24, 2.45) is 11.8 Å². The van der Waals surface area contributed by atoms with Crippen LogP contribution in [0.1, 0.15) is 31.7 Å². The molecule has 5 heteroatoms. The smallest absolute Gasteiger partial charge is 0.0771 e. The molecule has 3 unspecified atom stereocenters. The SMILES string of the molecule is CCn1nc(C)cc1CC(NN)C1OCCC1C. The van der Waals surface area contributed by atoms with Crippen LogP contribution >= 0.6 is 0 Å². The lowest BCUT2D eigenvalue weighted by Crippen LogP contribution is -2.47. The number of hydrogen-bond acceptors (Lipinski definition) is 4. The van der Waals surface area contributed by atoms with Crippen molar-refractivity contribution in [2.75, 3.05) is 6.61 Å². The van der Waals surface area contributed by atoms with Crippen LogP contribution in [0, 0.1) is 12.8 Å². The average molecular weight is 252 g/mol. The van der Waals surface area contributed by atoms with Crippen LogP contribution in [0.4, 0.5) is 0 Å². The topological polar surface area (TPSA) is 65.1 Å². The van der Waals surface area contributed by atoms with Crippen molar-refractivity contribution in [1.82, 2.24) is 15.2 Å². The van der Waals surface area contributed by atoms with Gasteiger partial charge in [0.1, 0.15) is 0 Å². The van der Waals surface area contributed by atoms with Crippen LogP contribution in [0.25, 0.3) is 0 Å². The Hall–Kier alpha value is -0.910. The Kier molecular flexibility index (Phi) is 4.37. The molecule has 18 heavy (non-hydrogen) atoms. The molecule has 0 bridgehead atoms. The Bertz CT molecular complexity index is 390. The van der Waals surface area contributed by atoms with Crippen LogP contribution in [0.2, 0.25) is 0 Å². The van der Waals surface area contributed by atoms with E-state index in [2.05, 4.69) is 30.4 Å². The Labute approximate surface area is 109 Å². The Morgan fingerprint density at radius 2 is 2.44 bits per heavy atom. The minimum Gasteiger partial charge on any atom is -0.376 e. The van der Waals surface area contributed by atoms with E-state index < -0.39 is 0 Å². The van der Waals surface area contributed by atoms with Crippen LogP contribution in [-0.2, 0) is 17.7 Å². The first kappa shape index (κ1) is 13.5. The first-order valence-corrected chi connectivity index (χ1v) is 6.76. The highest BCUT2D eigenvalue weighted by Crippen LogP contribution is 2.24. The fourth-order valence-electron chi connectivity index (χ4n) is 2.76. The molecular formula is C13H24N4O. The molecule has 0 saturated carbocycles. The van der Waals surface area contributed by atoms with Crippen LogP contribution < -0.4 is 11.3 Å². The summed E-state index contributed by atoms with van der Waals surface area (Å²) < 4.78 is 7.84. The first-order chi connectivity index (χ1) is 8.65. The molecule has 0 amide bonds. The third-order valence-corrected chi connectivity index (χ3v) is 3.77. The summed E-state index contributed by atoms with van der Waals surface area (Å²) in [6.07, 6.45) is 2.19. The van der Waals surface area contributed by atoms with Crippen LogP contribution in [-0.4, -0.2) is 28.5 Å². The van der Waals surface area contributed by atoms with Gasteiger partial charge < -0.3 is 4.74 Å². The summed E-state index contributed by atoms with van der Waals surface area (Å²) in [6, 6.07) is 2.29. The minimum absolute atomic E-state index is 0.156. The molecule has 2 rings (SSSR count). The molecule has 102 valence electrons. The van der Waals surface area contributed by atoms with Crippen molar-refractivity contribution in [3.05, 3.63) is 17.5 Å². The fourth-order valence-corrected chi connectivity index (χ4v) is 2.76. The van der Waals surface area contributed by atoms with E-state index in [-0.39, 0.29) is 12.1 Å². The molecule has 2 heterocycles. The van der Waals surface area contributed by atoms with Crippen molar-refractivity contribution in [2.45, 2.75) is 52.3 Å². The predicted octanol–water partition coefficient (Wildman–Crippen LogP) is 1.01. The summed E-state index contributed by atoms with van der Waals surface area (Å²) in [5.41, 5.74) is 5.20. The second kappa shape index (κ2) is 5.82. The molecule has 1 fully saturated rings. The zero-order chi connectivity index (χ0) is 13.1. The summed E-state index contributed by atoms with van der Waals surface area (Å²) in [6.45, 7) is 8.09. The molecule has 3 N–H and O–H groups in total. The summed E-state index contributed by atoms with van der Waals surface area (Å²) in [4.78, 5) is 0. The number of aryl methyl sites for hydroxylation is 2. The van der Waals surface area contributed by atoms with Gasteiger partial charge in [-0.3, -0.25) is 16.0 Å². The van der Waals surface area contributed by atoms with Gasteiger partial charge in [0.15, 0.2) is 0 Å². The average Bonchev–Trinajstić information content (AvgIpc) is 2.92. The van der Waals surface area contributed by atoms with Crippen LogP contribution in [0.3, 0.4) is 0 Å². The lowest BCUT2D eigenvalue weighted by atomic mass is 9.95. The summed E-state index contributed by atoms with van der Waals surface area (Å²) in [5.74, 6) is 6.26. The van der Waals surface area contributed by atoms with E-state index in [4.69, 9.17) is 10.6 Å². The molecule has 0 radical (unpaired) electrons. The van der Waals surface area contributed by atoms with Crippen LogP contribution in [0.5, 0.6) is 0 Å². The van der Waals surface area contributed by atoms with Gasteiger partial charge in [0, 0.05) is 25.3 Å². The van der Waals surface area contributed by atoms with Gasteiger partial charge in [-0.15, -0.1) is 0 Å². The van der Waals surface area contributed by atoms with E-state index in [0.29, 0.717) is 5.92 Å². The number of ether oxygens (including phenoxy) is 1. The molecule has 1 aliphatic rings. The summed E-state index contributed by atoms with van der Waals surface area (Å²) in [7, 11) is 0. The molecule has 0 aliphatic carbocycles. The van der Waals surface area contributed by atoms with Crippen molar-refractivity contribution >= 4 is 0 Å². The van der Waals surface area contributed by atoms with Gasteiger partial charge in [-0.1, -0.05) is 6.92 Å². The van der Waals surface area contributed by atoms with E-state index >= 15 is 0 Å². The summed E-state index contributed by atoms with van der Waals surface area (Å²) in [5, 5.41) is 4.47. The fraction of sp³-hybridized carbons (Fsp3) is 0.769. The lowest BCUT2D eigenvalue weighted by Gasteiger charge is -2.25. The van der Waals surface area contributed by atoms with Gasteiger partial charge in [0.05, 0.1) is 17.8 Å². The largest absolute Gasteiger partial charge is 0.376 e. The number of rotatable bonds is 5. The lowest BCUT2D eigenvalue weighted by molar-refractivity contribution is 0.0604. The van der Waals surface area contributed by atoms with Crippen molar-refractivity contribution < 1.29 is 4.74 Å².